The molecule has 0 bridgehead atoms. The number of carbonyl (C=O) groups excluding carboxylic acids is 2. The van der Waals surface area contributed by atoms with Crippen molar-refractivity contribution in [1.82, 2.24) is 0 Å². The first kappa shape index (κ1) is 11.7. The zero-order chi connectivity index (χ0) is 9.72. The molecule has 0 saturated heterocycles. The van der Waals surface area contributed by atoms with Crippen molar-refractivity contribution < 1.29 is 14.3 Å². The van der Waals surface area contributed by atoms with E-state index in [0.29, 0.717) is 0 Å². The fraction of sp³-hybridized carbons (Fsp3) is 0.667. The minimum atomic E-state index is -1.08. The maximum absolute atomic E-state index is 10.9. The van der Waals surface area contributed by atoms with Crippen LogP contribution in [0.3, 0.4) is 0 Å². The van der Waals surface area contributed by atoms with Crippen molar-refractivity contribution in [3.63, 3.8) is 0 Å². The lowest BCUT2D eigenvalue weighted by Crippen LogP contribution is -2.36. The number of hydrogen-bond donors (Lipinski definition) is 1. The van der Waals surface area contributed by atoms with E-state index in [9.17, 15) is 9.59 Å². The minimum Gasteiger partial charge on any atom is -0.465 e. The third kappa shape index (κ3) is 3.40. The molecule has 0 heterocycles. The van der Waals surface area contributed by atoms with Gasteiger partial charge in [0.25, 0.3) is 0 Å². The third-order valence-corrected chi connectivity index (χ3v) is 2.71. The van der Waals surface area contributed by atoms with Crippen LogP contribution in [-0.4, -0.2) is 28.7 Å². The highest BCUT2D eigenvalue weighted by Crippen LogP contribution is 2.13. The van der Waals surface area contributed by atoms with Gasteiger partial charge in [0.2, 0.25) is 5.91 Å². The molecule has 2 unspecified atom stereocenters. The van der Waals surface area contributed by atoms with Gasteiger partial charge in [0.05, 0.1) is 6.61 Å². The highest BCUT2D eigenvalue weighted by molar-refractivity contribution is 9.10. The molecule has 12 heavy (non-hydrogen) atoms. The molecule has 0 aromatic carbocycles. The Balaban J connectivity index is 4.09. The quantitative estimate of drug-likeness (QED) is 0.586. The van der Waals surface area contributed by atoms with Gasteiger partial charge in [-0.3, -0.25) is 9.59 Å². The van der Waals surface area contributed by atoms with Gasteiger partial charge in [0.1, 0.15) is 10.2 Å². The maximum Gasteiger partial charge on any atom is 0.321 e. The summed E-state index contributed by atoms with van der Waals surface area (Å²) in [5.41, 5.74) is 4.86. The molecule has 1 amide bonds. The summed E-state index contributed by atoms with van der Waals surface area (Å²) in [6, 6.07) is 0. The first-order valence-electron chi connectivity index (χ1n) is 3.24. The predicted molar refractivity (Wildman–Crippen MR) is 48.2 cm³/mol. The second-order valence-corrected chi connectivity index (χ2v) is 3.41. The van der Waals surface area contributed by atoms with Crippen molar-refractivity contribution in [3.8, 4) is 0 Å². The Kier molecular flexibility index (Phi) is 5.24. The van der Waals surface area contributed by atoms with E-state index in [2.05, 4.69) is 20.7 Å². The molecule has 0 aliphatic rings. The van der Waals surface area contributed by atoms with E-state index in [0.717, 1.165) is 0 Å². The zero-order valence-corrected chi connectivity index (χ0v) is 8.76. The molecule has 0 rings (SSSR count). The number of esters is 1. The lowest BCUT2D eigenvalue weighted by molar-refractivity contribution is -0.143. The normalized spacial score (nSPS) is 14.9. The van der Waals surface area contributed by atoms with Crippen molar-refractivity contribution in [3.05, 3.63) is 0 Å². The fourth-order valence-electron chi connectivity index (χ4n) is 0.486. The summed E-state index contributed by atoms with van der Waals surface area (Å²) in [6.07, 6.45) is 0. The predicted octanol–water partition coefficient (Wildman–Crippen LogP) is 0.406. The molecule has 0 fully saturated rings. The van der Waals surface area contributed by atoms with Crippen LogP contribution >= 0.6 is 27.5 Å². The first-order valence-corrected chi connectivity index (χ1v) is 4.60. The molecule has 0 saturated carbocycles. The molecule has 6 heteroatoms. The average molecular weight is 258 g/mol. The largest absolute Gasteiger partial charge is 0.465 e. The van der Waals surface area contributed by atoms with Gasteiger partial charge in [-0.2, -0.15) is 0 Å². The summed E-state index contributed by atoms with van der Waals surface area (Å²) >= 11 is 8.38. The lowest BCUT2D eigenvalue weighted by atomic mass is 10.3. The fourth-order valence-corrected chi connectivity index (χ4v) is 0.981. The molecule has 70 valence electrons. The van der Waals surface area contributed by atoms with E-state index in [4.69, 9.17) is 17.3 Å². The van der Waals surface area contributed by atoms with Crippen molar-refractivity contribution in [2.24, 2.45) is 5.73 Å². The number of halogens is 2. The summed E-state index contributed by atoms with van der Waals surface area (Å²) in [6.45, 7) is 1.90. The van der Waals surface area contributed by atoms with Crippen molar-refractivity contribution in [1.29, 1.82) is 0 Å². The summed E-state index contributed by atoms with van der Waals surface area (Å²) in [5.74, 6) is -1.34. The molecule has 0 aliphatic carbocycles. The number of primary amides is 1. The summed E-state index contributed by atoms with van der Waals surface area (Å²) in [4.78, 5) is 20.6. The molecule has 4 nitrogen and oxygen atoms in total. The highest BCUT2D eigenvalue weighted by atomic mass is 79.9. The number of ether oxygens (including phenoxy) is 1. The Morgan fingerprint density at radius 2 is 2.17 bits per heavy atom. The van der Waals surface area contributed by atoms with Crippen molar-refractivity contribution in [2.45, 2.75) is 17.1 Å². The van der Waals surface area contributed by atoms with Crippen LogP contribution in [0.1, 0.15) is 6.92 Å². The summed E-state index contributed by atoms with van der Waals surface area (Å²) in [5, 5.41) is -1.08. The maximum atomic E-state index is 10.9. The molecule has 0 radical (unpaired) electrons. The molecular weight excluding hydrogens is 249 g/mol. The highest BCUT2D eigenvalue weighted by Gasteiger charge is 2.29. The molecule has 2 atom stereocenters. The van der Waals surface area contributed by atoms with Crippen LogP contribution in [0.4, 0.5) is 0 Å². The van der Waals surface area contributed by atoms with Crippen LogP contribution < -0.4 is 5.73 Å². The van der Waals surface area contributed by atoms with Gasteiger partial charge in [-0.1, -0.05) is 15.9 Å². The van der Waals surface area contributed by atoms with Crippen LogP contribution in [0.2, 0.25) is 0 Å². The van der Waals surface area contributed by atoms with Crippen LogP contribution in [0, 0.1) is 0 Å². The molecule has 0 aromatic heterocycles. The standard InChI is InChI=1S/C6H9BrClNO3/c1-2-12-6(11)3(7)4(8)5(9)10/h3-4H,2H2,1H3,(H2,9,10). The van der Waals surface area contributed by atoms with E-state index in [1.165, 1.54) is 0 Å². The Labute approximate surface area is 83.5 Å². The van der Waals surface area contributed by atoms with Gasteiger partial charge in [0, 0.05) is 0 Å². The minimum absolute atomic E-state index is 0.239. The molecule has 2 N–H and O–H groups in total. The number of hydrogen-bond acceptors (Lipinski definition) is 3. The van der Waals surface area contributed by atoms with E-state index < -0.39 is 22.1 Å². The van der Waals surface area contributed by atoms with Gasteiger partial charge >= 0.3 is 5.97 Å². The molecular formula is C6H9BrClNO3. The zero-order valence-electron chi connectivity index (χ0n) is 6.42. The number of rotatable bonds is 4. The van der Waals surface area contributed by atoms with Crippen LogP contribution in [0.15, 0.2) is 0 Å². The Hall–Kier alpha value is -0.290. The first-order chi connectivity index (χ1) is 5.50. The van der Waals surface area contributed by atoms with E-state index in [1.54, 1.807) is 6.92 Å². The van der Waals surface area contributed by atoms with Crippen LogP contribution in [-0.2, 0) is 14.3 Å². The van der Waals surface area contributed by atoms with Gasteiger partial charge < -0.3 is 10.5 Å². The van der Waals surface area contributed by atoms with E-state index in [1.807, 2.05) is 0 Å². The third-order valence-electron chi connectivity index (χ3n) is 1.04. The van der Waals surface area contributed by atoms with Crippen LogP contribution in [0.5, 0.6) is 0 Å². The van der Waals surface area contributed by atoms with E-state index in [-0.39, 0.29) is 6.61 Å². The Morgan fingerprint density at radius 1 is 1.67 bits per heavy atom. The second-order valence-electron chi connectivity index (χ2n) is 1.96. The number of nitrogens with two attached hydrogens (primary N) is 1. The Morgan fingerprint density at radius 3 is 2.50 bits per heavy atom. The Bertz CT molecular complexity index is 188. The molecule has 0 aliphatic heterocycles. The average Bonchev–Trinajstić information content (AvgIpc) is 2.02. The van der Waals surface area contributed by atoms with Gasteiger partial charge in [-0.15, -0.1) is 11.6 Å². The number of carbonyl (C=O) groups is 2. The lowest BCUT2D eigenvalue weighted by Gasteiger charge is -2.11. The van der Waals surface area contributed by atoms with Gasteiger partial charge in [-0.05, 0) is 6.92 Å². The monoisotopic (exact) mass is 257 g/mol. The van der Waals surface area contributed by atoms with Crippen molar-refractivity contribution >= 4 is 39.4 Å². The summed E-state index contributed by atoms with van der Waals surface area (Å²) < 4.78 is 4.60. The summed E-state index contributed by atoms with van der Waals surface area (Å²) in [7, 11) is 0. The number of amides is 1. The van der Waals surface area contributed by atoms with Gasteiger partial charge in [0.15, 0.2) is 0 Å². The number of alkyl halides is 2. The van der Waals surface area contributed by atoms with Crippen LogP contribution in [0.25, 0.3) is 0 Å². The van der Waals surface area contributed by atoms with E-state index >= 15 is 0 Å². The second kappa shape index (κ2) is 5.37. The van der Waals surface area contributed by atoms with Gasteiger partial charge in [-0.25, -0.2) is 0 Å². The molecule has 0 aromatic rings. The SMILES string of the molecule is CCOC(=O)C(Br)C(Cl)C(N)=O. The smallest absolute Gasteiger partial charge is 0.321 e. The van der Waals surface area contributed by atoms with Crippen molar-refractivity contribution in [2.75, 3.05) is 6.61 Å². The topological polar surface area (TPSA) is 69.4 Å². The molecule has 0 spiro atoms.